The number of benzene rings is 1. The summed E-state index contributed by atoms with van der Waals surface area (Å²) in [5.74, 6) is -0.166. The van der Waals surface area contributed by atoms with Crippen molar-refractivity contribution in [2.75, 3.05) is 13.1 Å². The molecule has 1 saturated heterocycles. The second-order valence-corrected chi connectivity index (χ2v) is 7.59. The number of hydrogen-bond acceptors (Lipinski definition) is 4. The Bertz CT molecular complexity index is 820. The maximum atomic E-state index is 12.7. The second kappa shape index (κ2) is 8.52. The number of amides is 2. The Morgan fingerprint density at radius 3 is 2.93 bits per heavy atom. The highest BCUT2D eigenvalue weighted by Gasteiger charge is 2.26. The van der Waals surface area contributed by atoms with Crippen LogP contribution in [0.1, 0.15) is 48.8 Å². The molecular weight excluding hydrogens is 366 g/mol. The molecule has 1 unspecified atom stereocenters. The molecule has 1 aromatic carbocycles. The Hall–Kier alpha value is -2.41. The maximum absolute atomic E-state index is 12.7. The zero-order chi connectivity index (χ0) is 19.4. The van der Waals surface area contributed by atoms with Crippen molar-refractivity contribution >= 4 is 23.4 Å². The van der Waals surface area contributed by atoms with Crippen LogP contribution in [0.15, 0.2) is 30.5 Å². The van der Waals surface area contributed by atoms with Crippen molar-refractivity contribution in [2.24, 2.45) is 0 Å². The number of halogens is 1. The molecule has 2 aromatic rings. The molecule has 0 radical (unpaired) electrons. The predicted octanol–water partition coefficient (Wildman–Crippen LogP) is 2.48. The van der Waals surface area contributed by atoms with Crippen LogP contribution in [-0.2, 0) is 11.2 Å². The zero-order valence-corrected chi connectivity index (χ0v) is 16.3. The van der Waals surface area contributed by atoms with Gasteiger partial charge in [0.1, 0.15) is 0 Å². The third-order valence-corrected chi connectivity index (χ3v) is 4.77. The lowest BCUT2D eigenvalue weighted by Gasteiger charge is -2.32. The van der Waals surface area contributed by atoms with E-state index in [1.54, 1.807) is 16.9 Å². The molecule has 1 aliphatic rings. The topological polar surface area (TPSA) is 80.1 Å². The number of nitrogens with one attached hydrogen (secondary N) is 1. The molecule has 1 atom stereocenters. The van der Waals surface area contributed by atoms with Gasteiger partial charge in [-0.05, 0) is 44.4 Å². The molecule has 8 heteroatoms. The molecule has 144 valence electrons. The third kappa shape index (κ3) is 5.07. The number of carbonyl (C=O) groups excluding carboxylic acids is 2. The molecule has 2 heterocycles. The Morgan fingerprint density at radius 1 is 1.37 bits per heavy atom. The van der Waals surface area contributed by atoms with Crippen LogP contribution in [0.25, 0.3) is 0 Å². The van der Waals surface area contributed by atoms with Crippen molar-refractivity contribution < 1.29 is 9.59 Å². The number of likely N-dealkylation sites (tertiary alicyclic amines) is 1. The first-order chi connectivity index (χ1) is 12.9. The van der Waals surface area contributed by atoms with Gasteiger partial charge >= 0.3 is 0 Å². The molecule has 1 N–H and O–H groups in total. The number of nitrogens with zero attached hydrogens (tertiary/aromatic N) is 4. The van der Waals surface area contributed by atoms with E-state index in [9.17, 15) is 9.59 Å². The zero-order valence-electron chi connectivity index (χ0n) is 15.6. The smallest absolute Gasteiger partial charge is 0.273 e. The summed E-state index contributed by atoms with van der Waals surface area (Å²) in [7, 11) is 0. The van der Waals surface area contributed by atoms with Crippen LogP contribution >= 0.6 is 11.6 Å². The molecule has 0 spiro atoms. The van der Waals surface area contributed by atoms with E-state index in [1.165, 1.54) is 0 Å². The summed E-state index contributed by atoms with van der Waals surface area (Å²) < 4.78 is 1.70. The number of aromatic nitrogens is 3. The first-order valence-electron chi connectivity index (χ1n) is 9.17. The highest BCUT2D eigenvalue weighted by atomic mass is 35.5. The van der Waals surface area contributed by atoms with E-state index in [2.05, 4.69) is 15.6 Å². The average Bonchev–Trinajstić information content (AvgIpc) is 3.11. The van der Waals surface area contributed by atoms with Crippen molar-refractivity contribution in [1.82, 2.24) is 25.2 Å². The number of piperidine rings is 1. The largest absolute Gasteiger partial charge is 0.348 e. The lowest BCUT2D eigenvalue weighted by molar-refractivity contribution is -0.132. The minimum absolute atomic E-state index is 0.0233. The molecule has 0 bridgehead atoms. The molecule has 3 rings (SSSR count). The molecule has 2 amide bonds. The lowest BCUT2D eigenvalue weighted by atomic mass is 10.0. The van der Waals surface area contributed by atoms with Gasteiger partial charge in [-0.1, -0.05) is 28.9 Å². The Labute approximate surface area is 163 Å². The molecule has 0 saturated carbocycles. The average molecular weight is 390 g/mol. The highest BCUT2D eigenvalue weighted by Crippen LogP contribution is 2.22. The van der Waals surface area contributed by atoms with Gasteiger partial charge in [0.2, 0.25) is 5.91 Å². The number of rotatable bonds is 5. The van der Waals surface area contributed by atoms with Crippen LogP contribution in [-0.4, -0.2) is 50.8 Å². The molecule has 27 heavy (non-hydrogen) atoms. The molecule has 7 nitrogen and oxygen atoms in total. The molecule has 1 aliphatic heterocycles. The normalized spacial score (nSPS) is 17.2. The SMILES string of the molecule is CC(C)NC(=O)c1cn(C2CCCN(C(=O)Cc3cccc(Cl)c3)C2)nn1. The maximum Gasteiger partial charge on any atom is 0.273 e. The molecule has 1 aromatic heterocycles. The first kappa shape index (κ1) is 19.4. The summed E-state index contributed by atoms with van der Waals surface area (Å²) in [5.41, 5.74) is 1.20. The predicted molar refractivity (Wildman–Crippen MR) is 103 cm³/mol. The first-order valence-corrected chi connectivity index (χ1v) is 9.55. The monoisotopic (exact) mass is 389 g/mol. The van der Waals surface area contributed by atoms with Gasteiger partial charge in [-0.25, -0.2) is 4.68 Å². The Balaban J connectivity index is 1.63. The van der Waals surface area contributed by atoms with Crippen LogP contribution in [0.5, 0.6) is 0 Å². The van der Waals surface area contributed by atoms with Gasteiger partial charge in [0.05, 0.1) is 18.7 Å². The highest BCUT2D eigenvalue weighted by molar-refractivity contribution is 6.30. The Morgan fingerprint density at radius 2 is 2.19 bits per heavy atom. The van der Waals surface area contributed by atoms with Crippen LogP contribution < -0.4 is 5.32 Å². The van der Waals surface area contributed by atoms with E-state index in [0.717, 1.165) is 24.9 Å². The fourth-order valence-electron chi connectivity index (χ4n) is 3.23. The fraction of sp³-hybridized carbons (Fsp3) is 0.474. The van der Waals surface area contributed by atoms with Crippen molar-refractivity contribution in [3.63, 3.8) is 0 Å². The van der Waals surface area contributed by atoms with Gasteiger partial charge in [0, 0.05) is 24.2 Å². The van der Waals surface area contributed by atoms with E-state index in [-0.39, 0.29) is 23.9 Å². The number of hydrogen-bond donors (Lipinski definition) is 1. The minimum atomic E-state index is -0.235. The quantitative estimate of drug-likeness (QED) is 0.851. The summed E-state index contributed by atoms with van der Waals surface area (Å²) in [4.78, 5) is 26.6. The van der Waals surface area contributed by atoms with Crippen molar-refractivity contribution in [1.29, 1.82) is 0 Å². The summed E-state index contributed by atoms with van der Waals surface area (Å²) in [6.45, 7) is 5.08. The number of carbonyl (C=O) groups is 2. The van der Waals surface area contributed by atoms with Crippen LogP contribution in [0.3, 0.4) is 0 Å². The van der Waals surface area contributed by atoms with Crippen molar-refractivity contribution in [3.8, 4) is 0 Å². The van der Waals surface area contributed by atoms with E-state index in [0.29, 0.717) is 23.7 Å². The van der Waals surface area contributed by atoms with Gasteiger partial charge in [-0.3, -0.25) is 9.59 Å². The molecule has 1 fully saturated rings. The molecule has 0 aliphatic carbocycles. The molecular formula is C19H24ClN5O2. The summed E-state index contributed by atoms with van der Waals surface area (Å²) >= 11 is 6.00. The van der Waals surface area contributed by atoms with Crippen molar-refractivity contribution in [3.05, 3.63) is 46.7 Å². The van der Waals surface area contributed by atoms with Crippen molar-refractivity contribution in [2.45, 2.75) is 45.2 Å². The van der Waals surface area contributed by atoms with Crippen LogP contribution in [0, 0.1) is 0 Å². The summed E-state index contributed by atoms with van der Waals surface area (Å²) in [6, 6.07) is 7.43. The summed E-state index contributed by atoms with van der Waals surface area (Å²) in [5, 5.41) is 11.5. The Kier molecular flexibility index (Phi) is 6.11. The van der Waals surface area contributed by atoms with Gasteiger partial charge < -0.3 is 10.2 Å². The standard InChI is InChI=1S/C19H24ClN5O2/c1-13(2)21-19(27)17-12-25(23-22-17)16-7-4-8-24(11-16)18(26)10-14-5-3-6-15(20)9-14/h3,5-6,9,12-13,16H,4,7-8,10-11H2,1-2H3,(H,21,27). The fourth-order valence-corrected chi connectivity index (χ4v) is 3.44. The van der Waals surface area contributed by atoms with E-state index < -0.39 is 0 Å². The van der Waals surface area contributed by atoms with Gasteiger partial charge in [0.25, 0.3) is 5.91 Å². The van der Waals surface area contributed by atoms with Gasteiger partial charge in [-0.2, -0.15) is 0 Å². The third-order valence-electron chi connectivity index (χ3n) is 4.53. The lowest BCUT2D eigenvalue weighted by Crippen LogP contribution is -2.41. The van der Waals surface area contributed by atoms with E-state index in [4.69, 9.17) is 11.6 Å². The van der Waals surface area contributed by atoms with E-state index in [1.807, 2.05) is 36.9 Å². The second-order valence-electron chi connectivity index (χ2n) is 7.15. The van der Waals surface area contributed by atoms with Gasteiger partial charge in [0.15, 0.2) is 5.69 Å². The van der Waals surface area contributed by atoms with Gasteiger partial charge in [-0.15, -0.1) is 5.10 Å². The van der Waals surface area contributed by atoms with Crippen LogP contribution in [0.4, 0.5) is 0 Å². The minimum Gasteiger partial charge on any atom is -0.348 e. The van der Waals surface area contributed by atoms with Crippen LogP contribution in [0.2, 0.25) is 5.02 Å². The summed E-state index contributed by atoms with van der Waals surface area (Å²) in [6.07, 6.45) is 3.77. The van der Waals surface area contributed by atoms with E-state index >= 15 is 0 Å².